The molecule has 0 bridgehead atoms. The third kappa shape index (κ3) is 3.23. The van der Waals surface area contributed by atoms with Crippen LogP contribution in [0, 0.1) is 5.92 Å². The number of pyridine rings is 1. The maximum Gasteiger partial charge on any atom is 0.338 e. The lowest BCUT2D eigenvalue weighted by Crippen LogP contribution is -2.40. The van der Waals surface area contributed by atoms with Crippen LogP contribution in [0.25, 0.3) is 0 Å². The van der Waals surface area contributed by atoms with E-state index in [4.69, 9.17) is 10.5 Å². The number of piperidine rings is 1. The highest BCUT2D eigenvalue weighted by atomic mass is 16.5. The molecule has 0 spiro atoms. The van der Waals surface area contributed by atoms with E-state index in [1.165, 1.54) is 7.11 Å². The van der Waals surface area contributed by atoms with Crippen molar-refractivity contribution in [2.45, 2.75) is 25.8 Å². The van der Waals surface area contributed by atoms with E-state index in [0.29, 0.717) is 11.5 Å². The Morgan fingerprint density at radius 3 is 2.79 bits per heavy atom. The first-order valence-electron chi connectivity index (χ1n) is 6.66. The molecule has 1 aliphatic rings. The lowest BCUT2D eigenvalue weighted by atomic mass is 9.91. The number of hydrogen-bond acceptors (Lipinski definition) is 5. The predicted molar refractivity (Wildman–Crippen MR) is 74.2 cm³/mol. The van der Waals surface area contributed by atoms with E-state index in [-0.39, 0.29) is 12.0 Å². The summed E-state index contributed by atoms with van der Waals surface area (Å²) in [6.07, 6.45) is 3.79. The van der Waals surface area contributed by atoms with Crippen LogP contribution in [-0.4, -0.2) is 37.2 Å². The number of aromatic nitrogens is 1. The van der Waals surface area contributed by atoms with Crippen LogP contribution in [0.2, 0.25) is 0 Å². The number of esters is 1. The summed E-state index contributed by atoms with van der Waals surface area (Å²) in [7, 11) is 1.39. The Kier molecular flexibility index (Phi) is 4.37. The monoisotopic (exact) mass is 263 g/mol. The van der Waals surface area contributed by atoms with Crippen LogP contribution in [0.3, 0.4) is 0 Å². The fourth-order valence-electron chi connectivity index (χ4n) is 2.49. The highest BCUT2D eigenvalue weighted by molar-refractivity contribution is 5.90. The van der Waals surface area contributed by atoms with Crippen molar-refractivity contribution in [1.82, 2.24) is 4.98 Å². The van der Waals surface area contributed by atoms with Gasteiger partial charge in [0.25, 0.3) is 0 Å². The second-order valence-corrected chi connectivity index (χ2v) is 5.08. The Morgan fingerprint density at radius 2 is 2.21 bits per heavy atom. The molecule has 2 N–H and O–H groups in total. The Bertz CT molecular complexity index is 440. The zero-order valence-electron chi connectivity index (χ0n) is 11.5. The molecular weight excluding hydrogens is 242 g/mol. The van der Waals surface area contributed by atoms with Gasteiger partial charge in [0.2, 0.25) is 0 Å². The summed E-state index contributed by atoms with van der Waals surface area (Å²) in [5, 5.41) is 0. The number of nitrogens with two attached hydrogens (primary N) is 1. The predicted octanol–water partition coefficient (Wildman–Crippen LogP) is 1.43. The third-order valence-electron chi connectivity index (χ3n) is 3.77. The number of rotatable bonds is 3. The van der Waals surface area contributed by atoms with Gasteiger partial charge in [0.15, 0.2) is 0 Å². The van der Waals surface area contributed by atoms with Crippen molar-refractivity contribution >= 4 is 11.8 Å². The average molecular weight is 263 g/mol. The topological polar surface area (TPSA) is 68.5 Å². The van der Waals surface area contributed by atoms with E-state index in [1.807, 2.05) is 0 Å². The van der Waals surface area contributed by atoms with Crippen molar-refractivity contribution in [3.8, 4) is 0 Å². The molecule has 1 aromatic rings. The molecule has 0 saturated carbocycles. The second-order valence-electron chi connectivity index (χ2n) is 5.08. The van der Waals surface area contributed by atoms with Crippen LogP contribution < -0.4 is 10.6 Å². The Hall–Kier alpha value is -1.62. The number of ether oxygens (including phenoxy) is 1. The first-order chi connectivity index (χ1) is 9.11. The van der Waals surface area contributed by atoms with Crippen LogP contribution in [-0.2, 0) is 4.74 Å². The summed E-state index contributed by atoms with van der Waals surface area (Å²) < 4.78 is 4.73. The third-order valence-corrected chi connectivity index (χ3v) is 3.77. The van der Waals surface area contributed by atoms with Crippen molar-refractivity contribution in [2.75, 3.05) is 25.1 Å². The zero-order valence-corrected chi connectivity index (χ0v) is 11.5. The van der Waals surface area contributed by atoms with E-state index in [2.05, 4.69) is 16.8 Å². The molecule has 1 saturated heterocycles. The fraction of sp³-hybridized carbons (Fsp3) is 0.571. The van der Waals surface area contributed by atoms with Crippen LogP contribution in [0.1, 0.15) is 30.1 Å². The maximum atomic E-state index is 11.5. The number of nitrogens with zero attached hydrogens (tertiary/aromatic N) is 2. The molecule has 0 aliphatic carbocycles. The van der Waals surface area contributed by atoms with Gasteiger partial charge in [-0.15, -0.1) is 0 Å². The summed E-state index contributed by atoms with van der Waals surface area (Å²) in [5.41, 5.74) is 6.48. The van der Waals surface area contributed by atoms with Gasteiger partial charge in [-0.1, -0.05) is 0 Å². The molecule has 2 rings (SSSR count). The summed E-state index contributed by atoms with van der Waals surface area (Å²) >= 11 is 0. The van der Waals surface area contributed by atoms with Gasteiger partial charge in [-0.3, -0.25) is 0 Å². The molecule has 2 heterocycles. The normalized spacial score (nSPS) is 18.2. The molecule has 1 aliphatic heterocycles. The van der Waals surface area contributed by atoms with Crippen LogP contribution in [0.15, 0.2) is 18.3 Å². The van der Waals surface area contributed by atoms with E-state index >= 15 is 0 Å². The number of hydrogen-bond donors (Lipinski definition) is 1. The minimum atomic E-state index is -0.325. The molecular formula is C14H21N3O2. The molecule has 0 amide bonds. The van der Waals surface area contributed by atoms with Crippen LogP contribution in [0.4, 0.5) is 5.82 Å². The van der Waals surface area contributed by atoms with E-state index in [0.717, 1.165) is 31.7 Å². The zero-order chi connectivity index (χ0) is 13.8. The Labute approximate surface area is 113 Å². The molecule has 0 aromatic carbocycles. The molecule has 1 atom stereocenters. The van der Waals surface area contributed by atoms with Gasteiger partial charge < -0.3 is 15.4 Å². The smallest absolute Gasteiger partial charge is 0.338 e. The van der Waals surface area contributed by atoms with Gasteiger partial charge >= 0.3 is 5.97 Å². The largest absolute Gasteiger partial charge is 0.465 e. The number of carbonyl (C=O) groups excluding carboxylic acids is 1. The quantitative estimate of drug-likeness (QED) is 0.836. The van der Waals surface area contributed by atoms with E-state index in [1.54, 1.807) is 18.3 Å². The lowest BCUT2D eigenvalue weighted by molar-refractivity contribution is 0.0600. The molecule has 1 unspecified atom stereocenters. The van der Waals surface area contributed by atoms with Crippen molar-refractivity contribution in [3.63, 3.8) is 0 Å². The van der Waals surface area contributed by atoms with Crippen molar-refractivity contribution < 1.29 is 9.53 Å². The second kappa shape index (κ2) is 6.02. The van der Waals surface area contributed by atoms with E-state index < -0.39 is 0 Å². The van der Waals surface area contributed by atoms with Crippen LogP contribution >= 0.6 is 0 Å². The van der Waals surface area contributed by atoms with Gasteiger partial charge in [-0.2, -0.15) is 0 Å². The highest BCUT2D eigenvalue weighted by Gasteiger charge is 2.23. The molecule has 1 aromatic heterocycles. The van der Waals surface area contributed by atoms with Gasteiger partial charge in [0.05, 0.1) is 12.7 Å². The molecule has 104 valence electrons. The lowest BCUT2D eigenvalue weighted by Gasteiger charge is -2.34. The molecule has 1 fully saturated rings. The first kappa shape index (κ1) is 13.8. The Morgan fingerprint density at radius 1 is 1.53 bits per heavy atom. The molecule has 5 nitrogen and oxygen atoms in total. The number of anilines is 1. The highest BCUT2D eigenvalue weighted by Crippen LogP contribution is 2.23. The summed E-state index contributed by atoms with van der Waals surface area (Å²) in [5.74, 6) is 1.10. The number of methoxy groups -OCH3 is 1. The van der Waals surface area contributed by atoms with Crippen LogP contribution in [0.5, 0.6) is 0 Å². The first-order valence-corrected chi connectivity index (χ1v) is 6.66. The minimum Gasteiger partial charge on any atom is -0.465 e. The molecule has 19 heavy (non-hydrogen) atoms. The Balaban J connectivity index is 2.05. The summed E-state index contributed by atoms with van der Waals surface area (Å²) in [6.45, 7) is 3.93. The fourth-order valence-corrected chi connectivity index (χ4v) is 2.49. The van der Waals surface area contributed by atoms with E-state index in [9.17, 15) is 4.79 Å². The average Bonchev–Trinajstić information content (AvgIpc) is 2.46. The number of carbonyl (C=O) groups is 1. The van der Waals surface area contributed by atoms with Gasteiger partial charge in [-0.25, -0.2) is 9.78 Å². The minimum absolute atomic E-state index is 0.247. The SMILES string of the molecule is COC(=O)c1ccnc(N2CCC(C(C)N)CC2)c1. The van der Waals surface area contributed by atoms with Crippen molar-refractivity contribution in [1.29, 1.82) is 0 Å². The van der Waals surface area contributed by atoms with Crippen molar-refractivity contribution in [2.24, 2.45) is 11.7 Å². The summed E-state index contributed by atoms with van der Waals surface area (Å²) in [4.78, 5) is 18.0. The summed E-state index contributed by atoms with van der Waals surface area (Å²) in [6, 6.07) is 3.71. The van der Waals surface area contributed by atoms with Gasteiger partial charge in [0, 0.05) is 25.3 Å². The van der Waals surface area contributed by atoms with Gasteiger partial charge in [-0.05, 0) is 37.8 Å². The van der Waals surface area contributed by atoms with Gasteiger partial charge in [0.1, 0.15) is 5.82 Å². The standard InChI is InChI=1S/C14H21N3O2/c1-10(15)11-4-7-17(8-5-11)13-9-12(3-6-16-13)14(18)19-2/h3,6,9-11H,4-5,7-8,15H2,1-2H3. The molecule has 5 heteroatoms. The maximum absolute atomic E-state index is 11.5. The molecule has 0 radical (unpaired) electrons. The van der Waals surface area contributed by atoms with Crippen molar-refractivity contribution in [3.05, 3.63) is 23.9 Å².